The van der Waals surface area contributed by atoms with Crippen molar-refractivity contribution in [1.82, 2.24) is 0 Å². The van der Waals surface area contributed by atoms with Gasteiger partial charge in [-0.3, -0.25) is 0 Å². The van der Waals surface area contributed by atoms with Gasteiger partial charge in [0.25, 0.3) is 0 Å². The fourth-order valence-electron chi connectivity index (χ4n) is 3.34. The van der Waals surface area contributed by atoms with E-state index in [-0.39, 0.29) is 5.92 Å². The minimum atomic E-state index is -0.780. The Balaban J connectivity index is 1.97. The summed E-state index contributed by atoms with van der Waals surface area (Å²) in [7, 11) is 0. The first kappa shape index (κ1) is 10.2. The van der Waals surface area contributed by atoms with Crippen molar-refractivity contribution in [2.45, 2.75) is 17.9 Å². The van der Waals surface area contributed by atoms with Crippen LogP contribution in [0.5, 0.6) is 5.75 Å². The fourth-order valence-corrected chi connectivity index (χ4v) is 3.34. The van der Waals surface area contributed by atoms with Gasteiger partial charge in [-0.2, -0.15) is 0 Å². The standard InChI is InChI=1S/C16H14O2/c17-16-9-11-5-1-2-6-12(11)15(16)13-7-3-4-8-14(13)18-10-16/h1-8,15,17H,9-10H2/t15-,16-/m0/s1. The fraction of sp³-hybridized carbons (Fsp3) is 0.250. The molecule has 0 amide bonds. The van der Waals surface area contributed by atoms with Crippen LogP contribution in [0.4, 0.5) is 0 Å². The first-order valence-corrected chi connectivity index (χ1v) is 6.30. The Bertz CT molecular complexity index is 620. The van der Waals surface area contributed by atoms with Crippen molar-refractivity contribution < 1.29 is 9.84 Å². The number of hydrogen-bond donors (Lipinski definition) is 1. The van der Waals surface area contributed by atoms with E-state index in [2.05, 4.69) is 18.2 Å². The normalized spacial score (nSPS) is 27.9. The zero-order chi connectivity index (χ0) is 12.2. The molecule has 2 aromatic carbocycles. The van der Waals surface area contributed by atoms with Crippen LogP contribution in [-0.2, 0) is 6.42 Å². The average molecular weight is 238 g/mol. The van der Waals surface area contributed by atoms with Crippen molar-refractivity contribution in [3.63, 3.8) is 0 Å². The van der Waals surface area contributed by atoms with Crippen molar-refractivity contribution in [2.24, 2.45) is 0 Å². The average Bonchev–Trinajstić information content (AvgIpc) is 2.71. The predicted molar refractivity (Wildman–Crippen MR) is 68.9 cm³/mol. The van der Waals surface area contributed by atoms with Gasteiger partial charge in [-0.1, -0.05) is 42.5 Å². The zero-order valence-corrected chi connectivity index (χ0v) is 9.97. The van der Waals surface area contributed by atoms with Crippen molar-refractivity contribution in [3.8, 4) is 5.75 Å². The van der Waals surface area contributed by atoms with Crippen LogP contribution < -0.4 is 4.74 Å². The Labute approximate surface area is 106 Å². The smallest absolute Gasteiger partial charge is 0.123 e. The van der Waals surface area contributed by atoms with Gasteiger partial charge in [0.15, 0.2) is 0 Å². The van der Waals surface area contributed by atoms with Gasteiger partial charge in [-0.25, -0.2) is 0 Å². The van der Waals surface area contributed by atoms with Crippen LogP contribution >= 0.6 is 0 Å². The highest BCUT2D eigenvalue weighted by molar-refractivity contribution is 5.52. The molecule has 90 valence electrons. The molecule has 0 unspecified atom stereocenters. The van der Waals surface area contributed by atoms with E-state index in [1.54, 1.807) is 0 Å². The molecule has 18 heavy (non-hydrogen) atoms. The van der Waals surface area contributed by atoms with Crippen LogP contribution in [0.15, 0.2) is 48.5 Å². The molecule has 0 saturated carbocycles. The molecule has 1 aliphatic carbocycles. The Hall–Kier alpha value is -1.80. The van der Waals surface area contributed by atoms with Crippen LogP contribution in [0.2, 0.25) is 0 Å². The van der Waals surface area contributed by atoms with Gasteiger partial charge >= 0.3 is 0 Å². The molecule has 1 N–H and O–H groups in total. The highest BCUT2D eigenvalue weighted by Gasteiger charge is 2.49. The lowest BCUT2D eigenvalue weighted by molar-refractivity contribution is -0.0217. The van der Waals surface area contributed by atoms with Crippen LogP contribution in [0.3, 0.4) is 0 Å². The Morgan fingerprint density at radius 1 is 1.00 bits per heavy atom. The number of hydrogen-bond acceptors (Lipinski definition) is 2. The number of fused-ring (bicyclic) bond motifs is 5. The maximum atomic E-state index is 10.9. The lowest BCUT2D eigenvalue weighted by Crippen LogP contribution is -2.43. The molecule has 1 aliphatic heterocycles. The SMILES string of the molecule is O[C@@]12COc3ccccc3[C@@H]1c1ccccc1C2. The predicted octanol–water partition coefficient (Wildman–Crippen LogP) is 2.50. The highest BCUT2D eigenvalue weighted by atomic mass is 16.5. The molecular weight excluding hydrogens is 224 g/mol. The largest absolute Gasteiger partial charge is 0.490 e. The Kier molecular flexibility index (Phi) is 1.90. The first-order chi connectivity index (χ1) is 8.78. The summed E-state index contributed by atoms with van der Waals surface area (Å²) < 4.78 is 5.72. The topological polar surface area (TPSA) is 29.5 Å². The molecule has 0 fully saturated rings. The van der Waals surface area contributed by atoms with Gasteiger partial charge in [-0.15, -0.1) is 0 Å². The summed E-state index contributed by atoms with van der Waals surface area (Å²) in [6, 6.07) is 16.3. The van der Waals surface area contributed by atoms with Crippen molar-refractivity contribution in [3.05, 3.63) is 65.2 Å². The third kappa shape index (κ3) is 1.21. The summed E-state index contributed by atoms with van der Waals surface area (Å²) in [6.07, 6.45) is 0.683. The molecule has 2 aliphatic rings. The second-order valence-electron chi connectivity index (χ2n) is 5.24. The van der Waals surface area contributed by atoms with E-state index in [0.717, 1.165) is 11.3 Å². The number of rotatable bonds is 0. The van der Waals surface area contributed by atoms with E-state index in [1.165, 1.54) is 11.1 Å². The molecule has 2 atom stereocenters. The molecule has 0 spiro atoms. The van der Waals surface area contributed by atoms with Gasteiger partial charge in [0.1, 0.15) is 18.0 Å². The summed E-state index contributed by atoms with van der Waals surface area (Å²) >= 11 is 0. The van der Waals surface area contributed by atoms with Crippen LogP contribution in [0.1, 0.15) is 22.6 Å². The van der Waals surface area contributed by atoms with Crippen LogP contribution in [-0.4, -0.2) is 17.3 Å². The molecule has 0 saturated heterocycles. The van der Waals surface area contributed by atoms with Crippen molar-refractivity contribution >= 4 is 0 Å². The monoisotopic (exact) mass is 238 g/mol. The van der Waals surface area contributed by atoms with Gasteiger partial charge in [0.2, 0.25) is 0 Å². The number of ether oxygens (including phenoxy) is 1. The van der Waals surface area contributed by atoms with Gasteiger partial charge in [0.05, 0.1) is 0 Å². The van der Waals surface area contributed by atoms with Gasteiger partial charge < -0.3 is 9.84 Å². The Morgan fingerprint density at radius 2 is 1.72 bits per heavy atom. The summed E-state index contributed by atoms with van der Waals surface area (Å²) in [5.74, 6) is 0.961. The van der Waals surface area contributed by atoms with E-state index < -0.39 is 5.60 Å². The number of benzene rings is 2. The van der Waals surface area contributed by atoms with E-state index in [1.807, 2.05) is 30.3 Å². The van der Waals surface area contributed by atoms with E-state index >= 15 is 0 Å². The zero-order valence-electron chi connectivity index (χ0n) is 9.97. The second kappa shape index (κ2) is 3.36. The lowest BCUT2D eigenvalue weighted by atomic mass is 9.81. The van der Waals surface area contributed by atoms with Crippen molar-refractivity contribution in [2.75, 3.05) is 6.61 Å². The van der Waals surface area contributed by atoms with Crippen LogP contribution in [0, 0.1) is 0 Å². The molecule has 2 nitrogen and oxygen atoms in total. The van der Waals surface area contributed by atoms with E-state index in [9.17, 15) is 5.11 Å². The molecule has 1 heterocycles. The summed E-state index contributed by atoms with van der Waals surface area (Å²) in [4.78, 5) is 0. The molecule has 0 aromatic heterocycles. The van der Waals surface area contributed by atoms with Crippen molar-refractivity contribution in [1.29, 1.82) is 0 Å². The quantitative estimate of drug-likeness (QED) is 0.764. The van der Waals surface area contributed by atoms with Crippen LogP contribution in [0.25, 0.3) is 0 Å². The van der Waals surface area contributed by atoms with E-state index in [0.29, 0.717) is 13.0 Å². The van der Waals surface area contributed by atoms with Gasteiger partial charge in [-0.05, 0) is 17.2 Å². The lowest BCUT2D eigenvalue weighted by Gasteiger charge is -2.36. The Morgan fingerprint density at radius 3 is 2.61 bits per heavy atom. The maximum Gasteiger partial charge on any atom is 0.123 e. The summed E-state index contributed by atoms with van der Waals surface area (Å²) in [5, 5.41) is 10.9. The second-order valence-corrected chi connectivity index (χ2v) is 5.24. The van der Waals surface area contributed by atoms with Gasteiger partial charge in [0, 0.05) is 17.9 Å². The maximum absolute atomic E-state index is 10.9. The molecule has 0 radical (unpaired) electrons. The first-order valence-electron chi connectivity index (χ1n) is 6.30. The molecule has 0 bridgehead atoms. The molecule has 4 rings (SSSR count). The molecular formula is C16H14O2. The summed E-state index contributed by atoms with van der Waals surface area (Å²) in [6.45, 7) is 0.378. The number of aliphatic hydroxyl groups is 1. The van der Waals surface area contributed by atoms with E-state index in [4.69, 9.17) is 4.74 Å². The summed E-state index contributed by atoms with van der Waals surface area (Å²) in [5.41, 5.74) is 2.81. The third-order valence-electron chi connectivity index (χ3n) is 4.11. The minimum Gasteiger partial charge on any atom is -0.490 e. The number of para-hydroxylation sites is 1. The minimum absolute atomic E-state index is 0.0543. The third-order valence-corrected chi connectivity index (χ3v) is 4.11. The highest BCUT2D eigenvalue weighted by Crippen LogP contribution is 2.50. The molecule has 2 heteroatoms. The molecule has 2 aromatic rings.